The summed E-state index contributed by atoms with van der Waals surface area (Å²) in [5.41, 5.74) is 4.17. The third kappa shape index (κ3) is 4.64. The molecule has 1 atom stereocenters. The smallest absolute Gasteiger partial charge is 0.329 e. The van der Waals surface area contributed by atoms with Gasteiger partial charge in [-0.15, -0.1) is 0 Å². The molecule has 8 heteroatoms. The second kappa shape index (κ2) is 9.88. The first kappa shape index (κ1) is 23.1. The molecule has 1 unspecified atom stereocenters. The number of hydrogen-bond acceptors (Lipinski definition) is 7. The van der Waals surface area contributed by atoms with Crippen LogP contribution >= 0.6 is 11.6 Å². The minimum absolute atomic E-state index is 0.272. The van der Waals surface area contributed by atoms with Crippen LogP contribution in [0.25, 0.3) is 11.1 Å². The summed E-state index contributed by atoms with van der Waals surface area (Å²) in [6, 6.07) is 18.7. The number of aromatic nitrogens is 1. The lowest BCUT2D eigenvalue weighted by atomic mass is 9.92. The van der Waals surface area contributed by atoms with Gasteiger partial charge in [-0.3, -0.25) is 0 Å². The molecule has 5 rings (SSSR count). The van der Waals surface area contributed by atoms with Crippen LogP contribution < -0.4 is 14.4 Å². The van der Waals surface area contributed by atoms with Gasteiger partial charge in [-0.2, -0.15) is 4.98 Å². The molecular weight excluding hydrogens is 468 g/mol. The molecule has 0 spiro atoms. The fourth-order valence-corrected chi connectivity index (χ4v) is 4.49. The van der Waals surface area contributed by atoms with Crippen LogP contribution in [-0.2, 0) is 29.1 Å². The van der Waals surface area contributed by atoms with Gasteiger partial charge in [0.15, 0.2) is 17.1 Å². The van der Waals surface area contributed by atoms with Crippen molar-refractivity contribution in [2.24, 2.45) is 0 Å². The van der Waals surface area contributed by atoms with Crippen LogP contribution in [0.4, 0.5) is 6.01 Å². The molecule has 35 heavy (non-hydrogen) atoms. The van der Waals surface area contributed by atoms with E-state index in [-0.39, 0.29) is 12.6 Å². The summed E-state index contributed by atoms with van der Waals surface area (Å²) in [5, 5.41) is 0.565. The molecule has 3 aromatic carbocycles. The molecule has 0 fully saturated rings. The third-order valence-corrected chi connectivity index (χ3v) is 6.26. The molecule has 0 amide bonds. The number of oxazole rings is 1. The number of hydrogen-bond donors (Lipinski definition) is 0. The van der Waals surface area contributed by atoms with Crippen molar-refractivity contribution in [3.05, 3.63) is 82.4 Å². The van der Waals surface area contributed by atoms with E-state index in [9.17, 15) is 4.79 Å². The predicted octanol–water partition coefficient (Wildman–Crippen LogP) is 5.56. The number of ether oxygens (including phenoxy) is 3. The predicted molar refractivity (Wildman–Crippen MR) is 133 cm³/mol. The van der Waals surface area contributed by atoms with Gasteiger partial charge in [0.05, 0.1) is 13.7 Å². The third-order valence-electron chi connectivity index (χ3n) is 6.02. The van der Waals surface area contributed by atoms with Crippen molar-refractivity contribution in [1.29, 1.82) is 0 Å². The van der Waals surface area contributed by atoms with Crippen molar-refractivity contribution in [2.45, 2.75) is 32.5 Å². The molecule has 0 saturated carbocycles. The van der Waals surface area contributed by atoms with Gasteiger partial charge in [-0.1, -0.05) is 48.0 Å². The average Bonchev–Trinajstić information content (AvgIpc) is 3.30. The van der Waals surface area contributed by atoms with Gasteiger partial charge < -0.3 is 23.5 Å². The fraction of sp³-hybridized carbons (Fsp3) is 0.259. The Kier molecular flexibility index (Phi) is 6.51. The Morgan fingerprint density at radius 3 is 2.77 bits per heavy atom. The van der Waals surface area contributed by atoms with Crippen LogP contribution in [-0.4, -0.2) is 30.7 Å². The van der Waals surface area contributed by atoms with Gasteiger partial charge in [0.25, 0.3) is 6.01 Å². The molecular formula is C27H25ClN2O5. The number of carbonyl (C=O) groups excluding carboxylic acids is 1. The highest BCUT2D eigenvalue weighted by molar-refractivity contribution is 6.31. The van der Waals surface area contributed by atoms with Gasteiger partial charge in [-0.05, 0) is 42.3 Å². The molecule has 1 aromatic heterocycles. The second-order valence-electron chi connectivity index (χ2n) is 8.22. The normalized spacial score (nSPS) is 15.1. The zero-order valence-corrected chi connectivity index (χ0v) is 20.2. The Hall–Kier alpha value is -3.71. The molecule has 1 aliphatic heterocycles. The molecule has 0 aliphatic carbocycles. The SMILES string of the molecule is CCOC(=O)C1Cc2c(ccc(OC)c2OCc2ccccc2)CN1c1nc2cc(Cl)ccc2o1. The first-order valence-corrected chi connectivity index (χ1v) is 11.8. The van der Waals surface area contributed by atoms with E-state index in [1.54, 1.807) is 32.2 Å². The van der Waals surface area contributed by atoms with Gasteiger partial charge in [0.2, 0.25) is 0 Å². The van der Waals surface area contributed by atoms with Crippen LogP contribution in [0, 0.1) is 0 Å². The van der Waals surface area contributed by atoms with Crippen molar-refractivity contribution in [3.8, 4) is 11.5 Å². The topological polar surface area (TPSA) is 74.0 Å². The van der Waals surface area contributed by atoms with Crippen LogP contribution in [0.2, 0.25) is 5.02 Å². The van der Waals surface area contributed by atoms with E-state index in [0.717, 1.165) is 16.7 Å². The van der Waals surface area contributed by atoms with Crippen LogP contribution in [0.5, 0.6) is 11.5 Å². The van der Waals surface area contributed by atoms with Crippen LogP contribution in [0.15, 0.2) is 65.1 Å². The minimum atomic E-state index is -0.642. The lowest BCUT2D eigenvalue weighted by Crippen LogP contribution is -2.47. The maximum Gasteiger partial charge on any atom is 0.329 e. The summed E-state index contributed by atoms with van der Waals surface area (Å²) in [6.45, 7) is 2.84. The largest absolute Gasteiger partial charge is 0.493 e. The van der Waals surface area contributed by atoms with Crippen LogP contribution in [0.1, 0.15) is 23.6 Å². The number of rotatable bonds is 7. The molecule has 4 aromatic rings. The molecule has 0 N–H and O–H groups in total. The Labute approximate surface area is 208 Å². The maximum absolute atomic E-state index is 13.1. The molecule has 1 aliphatic rings. The van der Waals surface area contributed by atoms with E-state index in [2.05, 4.69) is 4.98 Å². The molecule has 180 valence electrons. The lowest BCUT2D eigenvalue weighted by Gasteiger charge is -2.35. The zero-order valence-electron chi connectivity index (χ0n) is 19.5. The van der Waals surface area contributed by atoms with E-state index in [0.29, 0.717) is 53.2 Å². The number of fused-ring (bicyclic) bond motifs is 2. The summed E-state index contributed by atoms with van der Waals surface area (Å²) in [5.74, 6) is 0.898. The Balaban J connectivity index is 1.53. The van der Waals surface area contributed by atoms with E-state index in [1.165, 1.54) is 0 Å². The van der Waals surface area contributed by atoms with Gasteiger partial charge in [0, 0.05) is 23.6 Å². The van der Waals surface area contributed by atoms with E-state index < -0.39 is 6.04 Å². The Morgan fingerprint density at radius 2 is 2.00 bits per heavy atom. The molecule has 7 nitrogen and oxygen atoms in total. The highest BCUT2D eigenvalue weighted by Gasteiger charge is 2.37. The first-order valence-electron chi connectivity index (χ1n) is 11.4. The average molecular weight is 493 g/mol. The van der Waals surface area contributed by atoms with Crippen molar-refractivity contribution in [2.75, 3.05) is 18.6 Å². The minimum Gasteiger partial charge on any atom is -0.493 e. The van der Waals surface area contributed by atoms with Gasteiger partial charge in [0.1, 0.15) is 18.2 Å². The number of halogens is 1. The quantitative estimate of drug-likeness (QED) is 0.312. The number of methoxy groups -OCH3 is 1. The van der Waals surface area contributed by atoms with E-state index in [1.807, 2.05) is 47.4 Å². The fourth-order valence-electron chi connectivity index (χ4n) is 4.33. The monoisotopic (exact) mass is 492 g/mol. The zero-order chi connectivity index (χ0) is 24.4. The van der Waals surface area contributed by atoms with Crippen molar-refractivity contribution < 1.29 is 23.4 Å². The summed E-state index contributed by atoms with van der Waals surface area (Å²) in [6.07, 6.45) is 0.356. The number of nitrogens with zero attached hydrogens (tertiary/aromatic N) is 2. The first-order chi connectivity index (χ1) is 17.1. The highest BCUT2D eigenvalue weighted by atomic mass is 35.5. The lowest BCUT2D eigenvalue weighted by molar-refractivity contribution is -0.145. The van der Waals surface area contributed by atoms with E-state index in [4.69, 9.17) is 30.2 Å². The summed E-state index contributed by atoms with van der Waals surface area (Å²) in [7, 11) is 1.61. The summed E-state index contributed by atoms with van der Waals surface area (Å²) >= 11 is 6.13. The second-order valence-corrected chi connectivity index (χ2v) is 8.65. The Morgan fingerprint density at radius 1 is 1.17 bits per heavy atom. The number of esters is 1. The highest BCUT2D eigenvalue weighted by Crippen LogP contribution is 2.40. The summed E-state index contributed by atoms with van der Waals surface area (Å²) in [4.78, 5) is 19.5. The number of carbonyl (C=O) groups is 1. The molecule has 0 bridgehead atoms. The molecule has 2 heterocycles. The van der Waals surface area contributed by atoms with Crippen molar-refractivity contribution in [3.63, 3.8) is 0 Å². The number of anilines is 1. The van der Waals surface area contributed by atoms with Gasteiger partial charge >= 0.3 is 5.97 Å². The standard InChI is InChI=1S/C27H25ClN2O5/c1-3-33-26(31)22-14-20-18(15-30(22)27-29-21-13-19(28)10-12-23(21)35-27)9-11-24(32-2)25(20)34-16-17-7-5-4-6-8-17/h4-13,22H,3,14-16H2,1-2H3. The Bertz CT molecular complexity index is 1350. The van der Waals surface area contributed by atoms with E-state index >= 15 is 0 Å². The maximum atomic E-state index is 13.1. The van der Waals surface area contributed by atoms with Crippen molar-refractivity contribution in [1.82, 2.24) is 4.98 Å². The van der Waals surface area contributed by atoms with Crippen LogP contribution in [0.3, 0.4) is 0 Å². The van der Waals surface area contributed by atoms with Crippen molar-refractivity contribution >= 4 is 34.7 Å². The molecule has 0 saturated heterocycles. The molecule has 0 radical (unpaired) electrons. The van der Waals surface area contributed by atoms with Gasteiger partial charge in [-0.25, -0.2) is 4.79 Å². The number of benzene rings is 3. The summed E-state index contributed by atoms with van der Waals surface area (Å²) < 4.78 is 23.3.